The average molecular weight is 370 g/mol. The van der Waals surface area contributed by atoms with Gasteiger partial charge in [0.15, 0.2) is 0 Å². The van der Waals surface area contributed by atoms with Crippen LogP contribution >= 0.6 is 0 Å². The first-order valence-electron chi connectivity index (χ1n) is 9.45. The summed E-state index contributed by atoms with van der Waals surface area (Å²) in [5.74, 6) is 2.05. The van der Waals surface area contributed by atoms with Crippen molar-refractivity contribution < 1.29 is 19.7 Å². The van der Waals surface area contributed by atoms with Gasteiger partial charge < -0.3 is 19.7 Å². The van der Waals surface area contributed by atoms with Crippen LogP contribution < -0.4 is 9.47 Å². The summed E-state index contributed by atoms with van der Waals surface area (Å²) in [6.07, 6.45) is 1.79. The Balaban J connectivity index is 2.10. The molecule has 146 valence electrons. The van der Waals surface area contributed by atoms with Crippen molar-refractivity contribution in [3.8, 4) is 23.0 Å². The molecular formula is C23H30O4. The molecule has 1 aliphatic heterocycles. The van der Waals surface area contributed by atoms with Gasteiger partial charge in [0.1, 0.15) is 23.0 Å². The molecule has 0 amide bonds. The van der Waals surface area contributed by atoms with Gasteiger partial charge in [-0.05, 0) is 72.9 Å². The minimum atomic E-state index is -0.185. The number of hydrogen-bond acceptors (Lipinski definition) is 4. The van der Waals surface area contributed by atoms with E-state index in [1.807, 2.05) is 38.1 Å². The summed E-state index contributed by atoms with van der Waals surface area (Å²) in [6.45, 7) is 12.5. The van der Waals surface area contributed by atoms with Crippen molar-refractivity contribution in [2.75, 3.05) is 6.79 Å². The van der Waals surface area contributed by atoms with E-state index >= 15 is 0 Å². The molecule has 0 saturated heterocycles. The largest absolute Gasteiger partial charge is 0.508 e. The van der Waals surface area contributed by atoms with Crippen LogP contribution in [0.2, 0.25) is 0 Å². The molecule has 0 fully saturated rings. The SMILES string of the molecule is Cc1cc2c(cc1O)C(C)(C)CCC(C)(C)c1cc(O)c(C)cc1OCO2. The number of ether oxygens (including phenoxy) is 2. The summed E-state index contributed by atoms with van der Waals surface area (Å²) in [5, 5.41) is 20.5. The lowest BCUT2D eigenvalue weighted by Gasteiger charge is -2.33. The van der Waals surface area contributed by atoms with Crippen LogP contribution in [0.1, 0.15) is 62.8 Å². The molecule has 1 heterocycles. The lowest BCUT2D eigenvalue weighted by Crippen LogP contribution is -2.24. The Bertz CT molecular complexity index is 794. The molecule has 0 aromatic heterocycles. The monoisotopic (exact) mass is 370 g/mol. The Kier molecular flexibility index (Phi) is 4.79. The number of phenols is 2. The van der Waals surface area contributed by atoms with E-state index in [1.165, 1.54) is 0 Å². The summed E-state index contributed by atoms with van der Waals surface area (Å²) in [7, 11) is 0. The first-order chi connectivity index (χ1) is 12.5. The summed E-state index contributed by atoms with van der Waals surface area (Å²) >= 11 is 0. The van der Waals surface area contributed by atoms with Gasteiger partial charge in [0.25, 0.3) is 0 Å². The van der Waals surface area contributed by atoms with Gasteiger partial charge in [-0.2, -0.15) is 0 Å². The minimum absolute atomic E-state index is 0.0700. The van der Waals surface area contributed by atoms with Gasteiger partial charge in [0.05, 0.1) is 0 Å². The molecule has 1 aliphatic rings. The zero-order chi connectivity index (χ0) is 20.0. The van der Waals surface area contributed by atoms with Crippen LogP contribution in [0.4, 0.5) is 0 Å². The van der Waals surface area contributed by atoms with E-state index in [-0.39, 0.29) is 29.1 Å². The second-order valence-corrected chi connectivity index (χ2v) is 8.94. The molecule has 4 nitrogen and oxygen atoms in total. The van der Waals surface area contributed by atoms with Crippen LogP contribution in [0.5, 0.6) is 23.0 Å². The number of aromatic hydroxyl groups is 2. The Hall–Kier alpha value is -2.36. The number of aryl methyl sites for hydroxylation is 2. The molecule has 0 radical (unpaired) electrons. The average Bonchev–Trinajstić information content (AvgIpc) is 2.59. The molecule has 2 aromatic rings. The molecule has 4 heteroatoms. The third-order valence-electron chi connectivity index (χ3n) is 5.86. The molecule has 0 unspecified atom stereocenters. The van der Waals surface area contributed by atoms with Gasteiger partial charge in [-0.1, -0.05) is 27.7 Å². The third-order valence-corrected chi connectivity index (χ3v) is 5.86. The standard InChI is InChI=1S/C23H30O4/c1-14-9-20-16(11-18(14)24)22(3,4)7-8-23(5,6)17-12-19(25)15(2)10-21(17)27-13-26-20/h9-12,24-25H,7-8,13H2,1-6H3. The summed E-state index contributed by atoms with van der Waals surface area (Å²) in [6, 6.07) is 7.39. The Morgan fingerprint density at radius 2 is 1.07 bits per heavy atom. The fourth-order valence-electron chi connectivity index (χ4n) is 3.69. The smallest absolute Gasteiger partial charge is 0.230 e. The van der Waals surface area contributed by atoms with Crippen molar-refractivity contribution in [3.63, 3.8) is 0 Å². The van der Waals surface area contributed by atoms with Crippen molar-refractivity contribution in [2.45, 2.75) is 65.2 Å². The molecule has 2 aromatic carbocycles. The van der Waals surface area contributed by atoms with Crippen molar-refractivity contribution >= 4 is 0 Å². The van der Waals surface area contributed by atoms with E-state index in [9.17, 15) is 10.2 Å². The normalized spacial score (nSPS) is 18.3. The van der Waals surface area contributed by atoms with Crippen LogP contribution in [0, 0.1) is 13.8 Å². The van der Waals surface area contributed by atoms with Crippen LogP contribution in [-0.2, 0) is 10.8 Å². The molecule has 0 spiro atoms. The maximum Gasteiger partial charge on any atom is 0.230 e. The summed E-state index contributed by atoms with van der Waals surface area (Å²) in [5.41, 5.74) is 3.15. The highest BCUT2D eigenvalue weighted by Crippen LogP contribution is 2.45. The van der Waals surface area contributed by atoms with Crippen LogP contribution in [0.3, 0.4) is 0 Å². The van der Waals surface area contributed by atoms with E-state index in [0.717, 1.165) is 46.6 Å². The lowest BCUT2D eigenvalue weighted by molar-refractivity contribution is 0.116. The van der Waals surface area contributed by atoms with Gasteiger partial charge in [0.2, 0.25) is 6.79 Å². The number of phenolic OH excluding ortho intramolecular Hbond substituents is 2. The second kappa shape index (κ2) is 6.66. The first-order valence-corrected chi connectivity index (χ1v) is 9.45. The van der Waals surface area contributed by atoms with Crippen LogP contribution in [0.25, 0.3) is 0 Å². The van der Waals surface area contributed by atoms with E-state index in [2.05, 4.69) is 27.7 Å². The molecule has 0 atom stereocenters. The maximum atomic E-state index is 10.2. The molecule has 0 aliphatic carbocycles. The molecule has 2 N–H and O–H groups in total. The van der Waals surface area contributed by atoms with Crippen molar-refractivity contribution in [3.05, 3.63) is 46.5 Å². The molecule has 0 bridgehead atoms. The van der Waals surface area contributed by atoms with Gasteiger partial charge in [-0.25, -0.2) is 0 Å². The Morgan fingerprint density at radius 1 is 0.704 bits per heavy atom. The third kappa shape index (κ3) is 3.71. The number of rotatable bonds is 0. The van der Waals surface area contributed by atoms with Crippen LogP contribution in [0.15, 0.2) is 24.3 Å². The molecule has 27 heavy (non-hydrogen) atoms. The van der Waals surface area contributed by atoms with Gasteiger partial charge in [-0.15, -0.1) is 0 Å². The molecule has 3 rings (SSSR count). The highest BCUT2D eigenvalue weighted by atomic mass is 16.7. The van der Waals surface area contributed by atoms with E-state index in [1.54, 1.807) is 0 Å². The fraction of sp³-hybridized carbons (Fsp3) is 0.478. The predicted molar refractivity (Wildman–Crippen MR) is 107 cm³/mol. The van der Waals surface area contributed by atoms with Gasteiger partial charge in [-0.3, -0.25) is 0 Å². The highest BCUT2D eigenvalue weighted by molar-refractivity contribution is 5.50. The maximum absolute atomic E-state index is 10.2. The second-order valence-electron chi connectivity index (χ2n) is 8.94. The zero-order valence-corrected chi connectivity index (χ0v) is 17.1. The van der Waals surface area contributed by atoms with Gasteiger partial charge in [0, 0.05) is 11.1 Å². The van der Waals surface area contributed by atoms with Crippen LogP contribution in [-0.4, -0.2) is 17.0 Å². The van der Waals surface area contributed by atoms with Crippen molar-refractivity contribution in [1.29, 1.82) is 0 Å². The van der Waals surface area contributed by atoms with E-state index in [4.69, 9.17) is 9.47 Å². The summed E-state index contributed by atoms with van der Waals surface area (Å²) in [4.78, 5) is 0. The van der Waals surface area contributed by atoms with Gasteiger partial charge >= 0.3 is 0 Å². The number of hydrogen-bond donors (Lipinski definition) is 2. The quantitative estimate of drug-likeness (QED) is 0.645. The fourth-order valence-corrected chi connectivity index (χ4v) is 3.69. The number of fused-ring (bicyclic) bond motifs is 2. The zero-order valence-electron chi connectivity index (χ0n) is 17.1. The molecular weight excluding hydrogens is 340 g/mol. The van der Waals surface area contributed by atoms with Crippen molar-refractivity contribution in [2.24, 2.45) is 0 Å². The van der Waals surface area contributed by atoms with Crippen molar-refractivity contribution in [1.82, 2.24) is 0 Å². The summed E-state index contributed by atoms with van der Waals surface area (Å²) < 4.78 is 12.0. The van der Waals surface area contributed by atoms with E-state index < -0.39 is 0 Å². The Morgan fingerprint density at radius 3 is 1.44 bits per heavy atom. The topological polar surface area (TPSA) is 58.9 Å². The van der Waals surface area contributed by atoms with E-state index in [0.29, 0.717) is 0 Å². The Labute approximate surface area is 161 Å². The minimum Gasteiger partial charge on any atom is -0.508 e. The number of benzene rings is 2. The predicted octanol–water partition coefficient (Wildman–Crippen LogP) is 5.48. The highest BCUT2D eigenvalue weighted by Gasteiger charge is 2.32. The lowest BCUT2D eigenvalue weighted by atomic mass is 9.72. The first kappa shape index (κ1) is 19.4. The molecule has 0 saturated carbocycles.